The number of benzene rings is 1. The zero-order valence-corrected chi connectivity index (χ0v) is 17.6. The number of aromatic nitrogens is 1. The lowest BCUT2D eigenvalue weighted by atomic mass is 10.1. The number of amides is 1. The predicted molar refractivity (Wildman–Crippen MR) is 97.3 cm³/mol. The maximum atomic E-state index is 13.2. The molecule has 0 bridgehead atoms. The van der Waals surface area contributed by atoms with Crippen LogP contribution in [0.4, 0.5) is 13.2 Å². The Hall–Kier alpha value is -1.04. The minimum Gasteiger partial charge on any atom is -0.338 e. The average molecular weight is 539 g/mol. The fourth-order valence-electron chi connectivity index (χ4n) is 2.13. The minimum absolute atomic E-state index is 0.0269. The third-order valence-corrected chi connectivity index (χ3v) is 7.47. The Morgan fingerprint density at radius 1 is 1.23 bits per heavy atom. The van der Waals surface area contributed by atoms with Crippen LogP contribution in [0.25, 0.3) is 11.3 Å². The molecule has 26 heavy (non-hydrogen) atoms. The van der Waals surface area contributed by atoms with Crippen LogP contribution in [-0.2, 0) is 21.3 Å². The Balaban J connectivity index is 2.85. The lowest BCUT2D eigenvalue weighted by Gasteiger charge is -2.14. The van der Waals surface area contributed by atoms with Crippen LogP contribution in [0.3, 0.4) is 0 Å². The summed E-state index contributed by atoms with van der Waals surface area (Å²) < 4.78 is 64.8. The van der Waals surface area contributed by atoms with Gasteiger partial charge in [0, 0.05) is 11.9 Å². The lowest BCUT2D eigenvalue weighted by Crippen LogP contribution is -2.25. The number of hydrogen-bond donors (Lipinski definition) is 1. The van der Waals surface area contributed by atoms with E-state index in [-0.39, 0.29) is 27.0 Å². The average Bonchev–Trinajstić information content (AvgIpc) is 2.77. The number of carbonyl (C=O) groups is 1. The summed E-state index contributed by atoms with van der Waals surface area (Å²) in [6.45, 7) is 0.974. The first-order chi connectivity index (χ1) is 11.9. The van der Waals surface area contributed by atoms with E-state index in [9.17, 15) is 26.4 Å². The Bertz CT molecular complexity index is 957. The van der Waals surface area contributed by atoms with Crippen LogP contribution in [0.2, 0.25) is 5.02 Å². The molecule has 0 radical (unpaired) electrons. The SMILES string of the molecule is CC(=O)NCn1c(Br)c(Br)c(S(=O)(=O)C(F)(F)F)c1-c1ccc(Cl)cc1. The number of sulfone groups is 1. The first-order valence-electron chi connectivity index (χ1n) is 6.77. The fourth-order valence-corrected chi connectivity index (χ4v) is 4.98. The van der Waals surface area contributed by atoms with Crippen molar-refractivity contribution in [1.82, 2.24) is 9.88 Å². The number of rotatable bonds is 4. The van der Waals surface area contributed by atoms with Crippen LogP contribution >= 0.6 is 43.5 Å². The molecule has 142 valence electrons. The maximum Gasteiger partial charge on any atom is 0.502 e. The van der Waals surface area contributed by atoms with E-state index in [0.717, 1.165) is 0 Å². The summed E-state index contributed by atoms with van der Waals surface area (Å²) in [4.78, 5) is 10.2. The predicted octanol–water partition coefficient (Wildman–Crippen LogP) is 4.72. The molecule has 5 nitrogen and oxygen atoms in total. The topological polar surface area (TPSA) is 68.2 Å². The molecule has 0 atom stereocenters. The molecule has 2 rings (SSSR count). The van der Waals surface area contributed by atoms with Gasteiger partial charge in [-0.2, -0.15) is 13.2 Å². The second kappa shape index (κ2) is 7.53. The van der Waals surface area contributed by atoms with Crippen molar-refractivity contribution in [3.63, 3.8) is 0 Å². The molecule has 12 heteroatoms. The van der Waals surface area contributed by atoms with Crippen LogP contribution in [0.1, 0.15) is 6.92 Å². The summed E-state index contributed by atoms with van der Waals surface area (Å²) in [5, 5.41) is 2.75. The van der Waals surface area contributed by atoms with Gasteiger partial charge in [-0.3, -0.25) is 4.79 Å². The van der Waals surface area contributed by atoms with Crippen LogP contribution in [0.15, 0.2) is 38.2 Å². The number of halogens is 6. The third kappa shape index (κ3) is 3.95. The van der Waals surface area contributed by atoms with Gasteiger partial charge in [0.2, 0.25) is 5.91 Å². The summed E-state index contributed by atoms with van der Waals surface area (Å²) in [5.74, 6) is -0.441. The summed E-state index contributed by atoms with van der Waals surface area (Å²) in [6.07, 6.45) is 0. The Morgan fingerprint density at radius 2 is 1.77 bits per heavy atom. The molecule has 0 saturated carbocycles. The van der Waals surface area contributed by atoms with Crippen molar-refractivity contribution in [2.24, 2.45) is 0 Å². The van der Waals surface area contributed by atoms with Gasteiger partial charge in [-0.15, -0.1) is 0 Å². The van der Waals surface area contributed by atoms with E-state index >= 15 is 0 Å². The zero-order valence-electron chi connectivity index (χ0n) is 12.9. The number of nitrogens with zero attached hydrogens (tertiary/aromatic N) is 1. The molecule has 1 amide bonds. The van der Waals surface area contributed by atoms with E-state index in [1.807, 2.05) is 0 Å². The molecule has 1 aromatic heterocycles. The largest absolute Gasteiger partial charge is 0.502 e. The second-order valence-electron chi connectivity index (χ2n) is 5.06. The van der Waals surface area contributed by atoms with Gasteiger partial charge in [0.1, 0.15) is 9.50 Å². The van der Waals surface area contributed by atoms with E-state index in [2.05, 4.69) is 37.2 Å². The van der Waals surface area contributed by atoms with E-state index in [4.69, 9.17) is 11.6 Å². The monoisotopic (exact) mass is 536 g/mol. The number of nitrogens with one attached hydrogen (secondary N) is 1. The zero-order chi connectivity index (χ0) is 19.9. The number of carbonyl (C=O) groups excluding carboxylic acids is 1. The quantitative estimate of drug-likeness (QED) is 0.613. The van der Waals surface area contributed by atoms with Crippen molar-refractivity contribution >= 4 is 59.2 Å². The molecule has 0 aliphatic carbocycles. The molecule has 1 aromatic carbocycles. The third-order valence-electron chi connectivity index (χ3n) is 3.28. The van der Waals surface area contributed by atoms with Crippen molar-refractivity contribution in [1.29, 1.82) is 0 Å². The molecule has 0 aliphatic heterocycles. The van der Waals surface area contributed by atoms with Crippen molar-refractivity contribution in [3.8, 4) is 11.3 Å². The first-order valence-corrected chi connectivity index (χ1v) is 10.2. The van der Waals surface area contributed by atoms with E-state index in [1.54, 1.807) is 0 Å². The Labute approximate surface area is 168 Å². The smallest absolute Gasteiger partial charge is 0.338 e. The molecule has 0 fully saturated rings. The lowest BCUT2D eigenvalue weighted by molar-refractivity contribution is -0.119. The molecular weight excluding hydrogens is 528 g/mol. The van der Waals surface area contributed by atoms with Crippen molar-refractivity contribution in [2.45, 2.75) is 24.0 Å². The van der Waals surface area contributed by atoms with Gasteiger partial charge in [0.15, 0.2) is 0 Å². The molecule has 0 spiro atoms. The number of hydrogen-bond acceptors (Lipinski definition) is 3. The van der Waals surface area contributed by atoms with Crippen molar-refractivity contribution in [3.05, 3.63) is 38.4 Å². The van der Waals surface area contributed by atoms with Crippen LogP contribution in [0, 0.1) is 0 Å². The van der Waals surface area contributed by atoms with Crippen molar-refractivity contribution < 1.29 is 26.4 Å². The van der Waals surface area contributed by atoms with Crippen LogP contribution in [-0.4, -0.2) is 24.4 Å². The molecule has 0 unspecified atom stereocenters. The van der Waals surface area contributed by atoms with Gasteiger partial charge in [-0.05, 0) is 49.6 Å². The minimum atomic E-state index is -5.68. The van der Waals surface area contributed by atoms with E-state index in [1.165, 1.54) is 35.8 Å². The van der Waals surface area contributed by atoms with Gasteiger partial charge in [0.05, 0.1) is 16.8 Å². The first kappa shape index (κ1) is 21.3. The summed E-state index contributed by atoms with van der Waals surface area (Å²) in [7, 11) is -5.68. The van der Waals surface area contributed by atoms with Crippen molar-refractivity contribution in [2.75, 3.05) is 0 Å². The molecule has 2 aromatic rings. The summed E-state index contributed by atoms with van der Waals surface area (Å²) >= 11 is 11.8. The summed E-state index contributed by atoms with van der Waals surface area (Å²) in [6, 6.07) is 5.60. The molecule has 0 aliphatic rings. The fraction of sp³-hybridized carbons (Fsp3) is 0.214. The highest BCUT2D eigenvalue weighted by Crippen LogP contribution is 2.45. The highest BCUT2D eigenvalue weighted by atomic mass is 79.9. The molecule has 1 N–H and O–H groups in total. The standard InChI is InChI=1S/C14H10Br2ClF3N2O3S/c1-7(23)21-6-22-11(8-2-4-9(17)5-3-8)12(10(15)13(22)16)26(24,25)14(18,19)20/h2-5H,6H2,1H3,(H,21,23). The van der Waals surface area contributed by atoms with Crippen LogP contribution < -0.4 is 5.32 Å². The molecule has 1 heterocycles. The maximum absolute atomic E-state index is 13.2. The number of alkyl halides is 3. The highest BCUT2D eigenvalue weighted by molar-refractivity contribution is 9.13. The Kier molecular flexibility index (Phi) is 6.16. The van der Waals surface area contributed by atoms with Gasteiger partial charge in [-0.1, -0.05) is 23.7 Å². The Morgan fingerprint density at radius 3 is 2.23 bits per heavy atom. The van der Waals surface area contributed by atoms with Gasteiger partial charge < -0.3 is 9.88 Å². The summed E-state index contributed by atoms with van der Waals surface area (Å²) in [5.41, 5.74) is -5.57. The molecular formula is C14H10Br2ClF3N2O3S. The van der Waals surface area contributed by atoms with E-state index < -0.39 is 26.1 Å². The molecule has 0 saturated heterocycles. The highest BCUT2D eigenvalue weighted by Gasteiger charge is 2.50. The van der Waals surface area contributed by atoms with Gasteiger partial charge in [0.25, 0.3) is 9.84 Å². The van der Waals surface area contributed by atoms with Gasteiger partial charge in [-0.25, -0.2) is 8.42 Å². The van der Waals surface area contributed by atoms with Crippen LogP contribution in [0.5, 0.6) is 0 Å². The second-order valence-corrected chi connectivity index (χ2v) is 8.92. The van der Waals surface area contributed by atoms with Gasteiger partial charge >= 0.3 is 5.51 Å². The van der Waals surface area contributed by atoms with E-state index in [0.29, 0.717) is 5.02 Å². The normalized spacial score (nSPS) is 12.3.